The zero-order valence-electron chi connectivity index (χ0n) is 19.5. The Balaban J connectivity index is 1.62. The molecule has 0 spiro atoms. The summed E-state index contributed by atoms with van der Waals surface area (Å²) in [4.78, 5) is 15.0. The van der Waals surface area contributed by atoms with Gasteiger partial charge in [-0.2, -0.15) is 14.7 Å². The Morgan fingerprint density at radius 1 is 1.21 bits per heavy atom. The second kappa shape index (κ2) is 10.9. The first-order valence-electron chi connectivity index (χ1n) is 11.3. The van der Waals surface area contributed by atoms with Crippen molar-refractivity contribution in [3.63, 3.8) is 0 Å². The van der Waals surface area contributed by atoms with E-state index in [2.05, 4.69) is 28.3 Å². The van der Waals surface area contributed by atoms with Crippen LogP contribution in [-0.4, -0.2) is 66.0 Å². The van der Waals surface area contributed by atoms with Crippen molar-refractivity contribution >= 4 is 21.6 Å². The highest BCUT2D eigenvalue weighted by atomic mass is 32.2. The van der Waals surface area contributed by atoms with Crippen molar-refractivity contribution in [3.8, 4) is 6.07 Å². The van der Waals surface area contributed by atoms with Gasteiger partial charge in [0.1, 0.15) is 0 Å². The lowest BCUT2D eigenvalue weighted by Gasteiger charge is -2.33. The minimum Gasteiger partial charge on any atom is -0.326 e. The number of aryl methyl sites for hydroxylation is 2. The Morgan fingerprint density at radius 2 is 1.94 bits per heavy atom. The molecule has 1 saturated heterocycles. The van der Waals surface area contributed by atoms with Crippen LogP contribution in [0.3, 0.4) is 0 Å². The van der Waals surface area contributed by atoms with Crippen LogP contribution in [0.4, 0.5) is 5.69 Å². The minimum absolute atomic E-state index is 0.190. The molecule has 2 heterocycles. The number of piperazine rings is 1. The van der Waals surface area contributed by atoms with Crippen molar-refractivity contribution in [1.29, 1.82) is 5.26 Å². The van der Waals surface area contributed by atoms with Gasteiger partial charge in [0.2, 0.25) is 15.9 Å². The number of aromatic nitrogens is 2. The summed E-state index contributed by atoms with van der Waals surface area (Å²) in [6, 6.07) is 8.56. The highest BCUT2D eigenvalue weighted by molar-refractivity contribution is 7.89. The van der Waals surface area contributed by atoms with Crippen LogP contribution >= 0.6 is 0 Å². The van der Waals surface area contributed by atoms with Gasteiger partial charge in [0, 0.05) is 44.0 Å². The third kappa shape index (κ3) is 5.99. The monoisotopic (exact) mass is 472 g/mol. The van der Waals surface area contributed by atoms with E-state index in [0.29, 0.717) is 38.2 Å². The van der Waals surface area contributed by atoms with E-state index < -0.39 is 10.0 Å². The number of nitriles is 1. The molecule has 3 rings (SSSR count). The predicted octanol–water partition coefficient (Wildman–Crippen LogP) is 2.31. The lowest BCUT2D eigenvalue weighted by Crippen LogP contribution is -2.48. The van der Waals surface area contributed by atoms with Gasteiger partial charge in [-0.1, -0.05) is 13.0 Å². The number of amides is 1. The molecule has 33 heavy (non-hydrogen) atoms. The summed E-state index contributed by atoms with van der Waals surface area (Å²) in [5.41, 5.74) is 3.29. The number of rotatable bonds is 9. The third-order valence-electron chi connectivity index (χ3n) is 6.10. The SMILES string of the molecule is CCN1CCN(S(=O)(=O)c2cccc(NC(=O)CCc3c(C)nn(CCC#N)c3C)c2)CC1. The van der Waals surface area contributed by atoms with E-state index in [9.17, 15) is 13.2 Å². The Bertz CT molecular complexity index is 1130. The molecule has 1 amide bonds. The minimum atomic E-state index is -3.60. The molecule has 1 aromatic heterocycles. The van der Waals surface area contributed by atoms with Crippen molar-refractivity contribution in [3.05, 3.63) is 41.2 Å². The fraction of sp³-hybridized carbons (Fsp3) is 0.522. The first-order valence-corrected chi connectivity index (χ1v) is 12.7. The number of sulfonamides is 1. The van der Waals surface area contributed by atoms with E-state index in [1.807, 2.05) is 13.8 Å². The Hall–Kier alpha value is -2.74. The van der Waals surface area contributed by atoms with Crippen molar-refractivity contribution in [1.82, 2.24) is 19.0 Å². The van der Waals surface area contributed by atoms with Gasteiger partial charge in [0.05, 0.1) is 29.6 Å². The van der Waals surface area contributed by atoms with Gasteiger partial charge in [-0.15, -0.1) is 0 Å². The Morgan fingerprint density at radius 3 is 2.61 bits per heavy atom. The molecule has 1 aromatic carbocycles. The van der Waals surface area contributed by atoms with Gasteiger partial charge in [0.25, 0.3) is 0 Å². The maximum atomic E-state index is 13.0. The molecule has 1 aliphatic rings. The first-order chi connectivity index (χ1) is 15.8. The second-order valence-corrected chi connectivity index (χ2v) is 10.1. The molecular weight excluding hydrogens is 440 g/mol. The zero-order valence-corrected chi connectivity index (χ0v) is 20.4. The number of carbonyl (C=O) groups is 1. The van der Waals surface area contributed by atoms with Crippen LogP contribution < -0.4 is 5.32 Å². The number of anilines is 1. The average molecular weight is 473 g/mol. The highest BCUT2D eigenvalue weighted by Gasteiger charge is 2.28. The summed E-state index contributed by atoms with van der Waals surface area (Å²) < 4.78 is 29.4. The quantitative estimate of drug-likeness (QED) is 0.600. The second-order valence-electron chi connectivity index (χ2n) is 8.19. The third-order valence-corrected chi connectivity index (χ3v) is 8.00. The van der Waals surface area contributed by atoms with E-state index in [-0.39, 0.29) is 17.2 Å². The topological polar surface area (TPSA) is 111 Å². The summed E-state index contributed by atoms with van der Waals surface area (Å²) in [6.45, 7) is 9.73. The van der Waals surface area contributed by atoms with Crippen molar-refractivity contribution < 1.29 is 13.2 Å². The maximum Gasteiger partial charge on any atom is 0.243 e. The van der Waals surface area contributed by atoms with Gasteiger partial charge < -0.3 is 10.2 Å². The number of likely N-dealkylation sites (N-methyl/N-ethyl adjacent to an activating group) is 1. The molecular formula is C23H32N6O3S. The molecule has 2 aromatic rings. The molecule has 0 radical (unpaired) electrons. The van der Waals surface area contributed by atoms with Crippen LogP contribution in [0.2, 0.25) is 0 Å². The maximum absolute atomic E-state index is 13.0. The molecule has 178 valence electrons. The number of nitrogens with zero attached hydrogens (tertiary/aromatic N) is 5. The molecule has 0 unspecified atom stereocenters. The van der Waals surface area contributed by atoms with E-state index in [1.54, 1.807) is 22.9 Å². The van der Waals surface area contributed by atoms with Crippen LogP contribution in [0, 0.1) is 25.2 Å². The fourth-order valence-corrected chi connectivity index (χ4v) is 5.57. The largest absolute Gasteiger partial charge is 0.326 e. The van der Waals surface area contributed by atoms with Crippen LogP contribution in [-0.2, 0) is 27.8 Å². The van der Waals surface area contributed by atoms with Crippen LogP contribution in [0.25, 0.3) is 0 Å². The summed E-state index contributed by atoms with van der Waals surface area (Å²) in [5.74, 6) is -0.190. The summed E-state index contributed by atoms with van der Waals surface area (Å²) in [5, 5.41) is 16.1. The van der Waals surface area contributed by atoms with Gasteiger partial charge in [-0.05, 0) is 50.6 Å². The molecule has 0 atom stereocenters. The number of benzene rings is 1. The molecule has 1 fully saturated rings. The summed E-state index contributed by atoms with van der Waals surface area (Å²) in [7, 11) is -3.60. The molecule has 1 aliphatic heterocycles. The van der Waals surface area contributed by atoms with Crippen LogP contribution in [0.1, 0.15) is 36.7 Å². The number of hydrogen-bond acceptors (Lipinski definition) is 6. The summed E-state index contributed by atoms with van der Waals surface area (Å²) in [6.07, 6.45) is 1.16. The van der Waals surface area contributed by atoms with Crippen LogP contribution in [0.15, 0.2) is 29.2 Å². The van der Waals surface area contributed by atoms with Gasteiger partial charge in [0.15, 0.2) is 0 Å². The highest BCUT2D eigenvalue weighted by Crippen LogP contribution is 2.22. The Kier molecular flexibility index (Phi) is 8.24. The first kappa shape index (κ1) is 24.9. The van der Waals surface area contributed by atoms with Crippen molar-refractivity contribution in [2.75, 3.05) is 38.0 Å². The lowest BCUT2D eigenvalue weighted by atomic mass is 10.1. The fourth-order valence-electron chi connectivity index (χ4n) is 4.10. The molecule has 10 heteroatoms. The number of carbonyl (C=O) groups excluding carboxylic acids is 1. The smallest absolute Gasteiger partial charge is 0.243 e. The van der Waals surface area contributed by atoms with Gasteiger partial charge in [-0.25, -0.2) is 8.42 Å². The average Bonchev–Trinajstić information content (AvgIpc) is 3.08. The zero-order chi connectivity index (χ0) is 24.0. The normalized spacial score (nSPS) is 15.3. The molecule has 0 saturated carbocycles. The van der Waals surface area contributed by atoms with Gasteiger partial charge >= 0.3 is 0 Å². The van der Waals surface area contributed by atoms with Crippen LogP contribution in [0.5, 0.6) is 0 Å². The van der Waals surface area contributed by atoms with E-state index in [4.69, 9.17) is 5.26 Å². The standard InChI is InChI=1S/C23H32N6O3S/c1-4-27-13-15-28(16-14-27)33(31,32)21-8-5-7-20(17-21)25-23(30)10-9-22-18(2)26-29(19(22)3)12-6-11-24/h5,7-8,17H,4,6,9-10,12-16H2,1-3H3,(H,25,30). The van der Waals surface area contributed by atoms with Crippen molar-refractivity contribution in [2.45, 2.75) is 51.5 Å². The Labute approximate surface area is 196 Å². The van der Waals surface area contributed by atoms with Gasteiger partial charge in [-0.3, -0.25) is 9.48 Å². The molecule has 9 nitrogen and oxygen atoms in total. The molecule has 0 bridgehead atoms. The number of nitrogens with one attached hydrogen (secondary N) is 1. The summed E-state index contributed by atoms with van der Waals surface area (Å²) >= 11 is 0. The predicted molar refractivity (Wildman–Crippen MR) is 126 cm³/mol. The molecule has 0 aliphatic carbocycles. The van der Waals surface area contributed by atoms with E-state index in [0.717, 1.165) is 36.6 Å². The van der Waals surface area contributed by atoms with Crippen molar-refractivity contribution in [2.24, 2.45) is 0 Å². The molecule has 1 N–H and O–H groups in total. The number of hydrogen-bond donors (Lipinski definition) is 1. The van der Waals surface area contributed by atoms with E-state index >= 15 is 0 Å². The van der Waals surface area contributed by atoms with E-state index in [1.165, 1.54) is 10.4 Å². The lowest BCUT2D eigenvalue weighted by molar-refractivity contribution is -0.116.